The number of Topliss-reactive ketones (excluding diaryl/α,β-unsaturated/α-hetero) is 1. The molecule has 0 fully saturated rings. The number of hydrogen-bond donors (Lipinski definition) is 0. The van der Waals surface area contributed by atoms with E-state index in [0.29, 0.717) is 5.56 Å². The number of hydrogen-bond acceptors (Lipinski definition) is 3. The molecule has 5 heteroatoms. The van der Waals surface area contributed by atoms with Gasteiger partial charge in [-0.15, -0.1) is 0 Å². The van der Waals surface area contributed by atoms with Gasteiger partial charge in [0.2, 0.25) is 0 Å². The largest absolute Gasteiger partial charge is 0.366 e. The van der Waals surface area contributed by atoms with Gasteiger partial charge in [0.05, 0.1) is 18.6 Å². The molecule has 126 valence electrons. The third-order valence-corrected chi connectivity index (χ3v) is 3.95. The molecule has 1 heterocycles. The van der Waals surface area contributed by atoms with Crippen molar-refractivity contribution in [2.45, 2.75) is 27.3 Å². The maximum Gasteiger partial charge on any atom is 0.250 e. The van der Waals surface area contributed by atoms with Crippen molar-refractivity contribution in [3.05, 3.63) is 63.6 Å². The average Bonchev–Trinajstić information content (AvgIpc) is 2.56. The van der Waals surface area contributed by atoms with Gasteiger partial charge >= 0.3 is 0 Å². The van der Waals surface area contributed by atoms with Crippen LogP contribution in [-0.4, -0.2) is 35.2 Å². The summed E-state index contributed by atoms with van der Waals surface area (Å²) in [7, 11) is 1.96. The summed E-state index contributed by atoms with van der Waals surface area (Å²) in [5, 5.41) is 0. The minimum atomic E-state index is -0.177. The topological polar surface area (TPSA) is 54.7 Å². The first-order valence-corrected chi connectivity index (χ1v) is 7.96. The lowest BCUT2D eigenvalue weighted by Crippen LogP contribution is -2.23. The minimum Gasteiger partial charge on any atom is -0.366 e. The van der Waals surface area contributed by atoms with Crippen LogP contribution in [0, 0.1) is 13.8 Å². The van der Waals surface area contributed by atoms with Crippen LogP contribution in [0.4, 0.5) is 5.69 Å². The Bertz CT molecular complexity index is 822. The summed E-state index contributed by atoms with van der Waals surface area (Å²) in [5.41, 5.74) is 3.10. The number of ketones is 1. The van der Waals surface area contributed by atoms with Crippen molar-refractivity contribution in [1.29, 1.82) is 0 Å². The fourth-order valence-corrected chi connectivity index (χ4v) is 2.31. The highest BCUT2D eigenvalue weighted by atomic mass is 16.1. The highest BCUT2D eigenvalue weighted by Crippen LogP contribution is 2.23. The Labute approximate surface area is 142 Å². The molecule has 2 rings (SSSR count). The lowest BCUT2D eigenvalue weighted by atomic mass is 10.0. The Morgan fingerprint density at radius 3 is 2.67 bits per heavy atom. The second kappa shape index (κ2) is 7.73. The molecule has 24 heavy (non-hydrogen) atoms. The minimum absolute atomic E-state index is 0.0428. The highest BCUT2D eigenvalue weighted by Gasteiger charge is 2.12. The standard InChI is InChI=1S/C19H23N3O2/c1-5-21(4)13-20-17-11-14(2)16(10-15(17)3)18(23)12-22-9-7-6-8-19(22)24/h6-11,13H,5,12H2,1-4H3. The van der Waals surface area contributed by atoms with Crippen molar-refractivity contribution in [3.8, 4) is 0 Å². The van der Waals surface area contributed by atoms with E-state index in [9.17, 15) is 9.59 Å². The summed E-state index contributed by atoms with van der Waals surface area (Å²) in [6, 6.07) is 8.63. The van der Waals surface area contributed by atoms with Gasteiger partial charge < -0.3 is 9.47 Å². The molecule has 0 aliphatic rings. The third kappa shape index (κ3) is 4.19. The second-order valence-corrected chi connectivity index (χ2v) is 5.86. The van der Waals surface area contributed by atoms with Gasteiger partial charge in [0, 0.05) is 31.4 Å². The number of aromatic nitrogens is 1. The molecular weight excluding hydrogens is 302 g/mol. The zero-order valence-electron chi connectivity index (χ0n) is 14.6. The van der Waals surface area contributed by atoms with Crippen molar-refractivity contribution in [3.63, 3.8) is 0 Å². The van der Waals surface area contributed by atoms with Gasteiger partial charge in [-0.25, -0.2) is 4.99 Å². The van der Waals surface area contributed by atoms with Crippen molar-refractivity contribution >= 4 is 17.8 Å². The number of benzene rings is 1. The van der Waals surface area contributed by atoms with Crippen LogP contribution in [0.15, 0.2) is 46.3 Å². The van der Waals surface area contributed by atoms with E-state index in [4.69, 9.17) is 0 Å². The van der Waals surface area contributed by atoms with Crippen molar-refractivity contribution < 1.29 is 4.79 Å². The number of aliphatic imine (C=N–C) groups is 1. The Morgan fingerprint density at radius 1 is 1.25 bits per heavy atom. The summed E-state index contributed by atoms with van der Waals surface area (Å²) in [6.07, 6.45) is 3.41. The molecule has 0 bridgehead atoms. The molecule has 2 aromatic rings. The van der Waals surface area contributed by atoms with Crippen LogP contribution in [-0.2, 0) is 6.54 Å². The zero-order valence-corrected chi connectivity index (χ0v) is 14.6. The maximum atomic E-state index is 12.6. The van der Waals surface area contributed by atoms with Crippen LogP contribution in [0.2, 0.25) is 0 Å². The van der Waals surface area contributed by atoms with E-state index in [-0.39, 0.29) is 17.9 Å². The van der Waals surface area contributed by atoms with Crippen LogP contribution >= 0.6 is 0 Å². The molecule has 0 atom stereocenters. The second-order valence-electron chi connectivity index (χ2n) is 5.86. The molecule has 0 aliphatic carbocycles. The maximum absolute atomic E-state index is 12.6. The van der Waals surface area contributed by atoms with Gasteiger partial charge in [-0.3, -0.25) is 9.59 Å². The van der Waals surface area contributed by atoms with Gasteiger partial charge in [-0.05, 0) is 50.1 Å². The quantitative estimate of drug-likeness (QED) is 0.466. The number of nitrogens with zero attached hydrogens (tertiary/aromatic N) is 3. The molecule has 0 saturated carbocycles. The van der Waals surface area contributed by atoms with E-state index in [1.807, 2.05) is 37.9 Å². The SMILES string of the molecule is CCN(C)C=Nc1cc(C)c(C(=O)Cn2ccccc2=O)cc1C. The van der Waals surface area contributed by atoms with E-state index in [2.05, 4.69) is 11.9 Å². The lowest BCUT2D eigenvalue weighted by molar-refractivity contribution is 0.0970. The van der Waals surface area contributed by atoms with E-state index < -0.39 is 0 Å². The summed E-state index contributed by atoms with van der Waals surface area (Å²) in [4.78, 5) is 30.8. The molecule has 1 aromatic carbocycles. The van der Waals surface area contributed by atoms with Gasteiger partial charge in [0.15, 0.2) is 5.78 Å². The van der Waals surface area contributed by atoms with Crippen molar-refractivity contribution in [1.82, 2.24) is 9.47 Å². The van der Waals surface area contributed by atoms with Gasteiger partial charge in [0.1, 0.15) is 0 Å². The van der Waals surface area contributed by atoms with E-state index in [0.717, 1.165) is 23.4 Å². The predicted octanol–water partition coefficient (Wildman–Crippen LogP) is 2.96. The number of carbonyl (C=O) groups is 1. The molecule has 0 saturated heterocycles. The van der Waals surface area contributed by atoms with Gasteiger partial charge in [-0.2, -0.15) is 0 Å². The fourth-order valence-electron chi connectivity index (χ4n) is 2.31. The third-order valence-electron chi connectivity index (χ3n) is 3.95. The predicted molar refractivity (Wildman–Crippen MR) is 97.4 cm³/mol. The van der Waals surface area contributed by atoms with E-state index in [1.165, 1.54) is 10.6 Å². The van der Waals surface area contributed by atoms with Gasteiger partial charge in [0.25, 0.3) is 5.56 Å². The van der Waals surface area contributed by atoms with Crippen LogP contribution in [0.5, 0.6) is 0 Å². The average molecular weight is 325 g/mol. The zero-order chi connectivity index (χ0) is 17.7. The number of aryl methyl sites for hydroxylation is 2. The Morgan fingerprint density at radius 2 is 2.00 bits per heavy atom. The molecule has 5 nitrogen and oxygen atoms in total. The molecule has 0 unspecified atom stereocenters. The van der Waals surface area contributed by atoms with Crippen molar-refractivity contribution in [2.75, 3.05) is 13.6 Å². The van der Waals surface area contributed by atoms with E-state index in [1.54, 1.807) is 24.7 Å². The van der Waals surface area contributed by atoms with Crippen LogP contribution in [0.25, 0.3) is 0 Å². The van der Waals surface area contributed by atoms with Crippen LogP contribution in [0.3, 0.4) is 0 Å². The molecule has 0 spiro atoms. The summed E-state index contributed by atoms with van der Waals surface area (Å²) >= 11 is 0. The first kappa shape index (κ1) is 17.7. The normalized spacial score (nSPS) is 11.0. The Kier molecular flexibility index (Phi) is 5.68. The first-order chi connectivity index (χ1) is 11.4. The fraction of sp³-hybridized carbons (Fsp3) is 0.316. The summed E-state index contributed by atoms with van der Waals surface area (Å²) in [6.45, 7) is 6.80. The van der Waals surface area contributed by atoms with Crippen LogP contribution in [0.1, 0.15) is 28.4 Å². The lowest BCUT2D eigenvalue weighted by Gasteiger charge is -2.12. The monoisotopic (exact) mass is 325 g/mol. The van der Waals surface area contributed by atoms with Crippen LogP contribution < -0.4 is 5.56 Å². The number of rotatable bonds is 6. The molecule has 0 aliphatic heterocycles. The smallest absolute Gasteiger partial charge is 0.250 e. The highest BCUT2D eigenvalue weighted by molar-refractivity contribution is 5.98. The summed E-state index contributed by atoms with van der Waals surface area (Å²) < 4.78 is 1.42. The number of carbonyl (C=O) groups excluding carboxylic acids is 1. The molecule has 0 radical (unpaired) electrons. The number of pyridine rings is 1. The molecule has 0 N–H and O–H groups in total. The van der Waals surface area contributed by atoms with E-state index >= 15 is 0 Å². The molecular formula is C19H23N3O2. The Balaban J connectivity index is 2.27. The van der Waals surface area contributed by atoms with Crippen molar-refractivity contribution in [2.24, 2.45) is 4.99 Å². The molecule has 0 amide bonds. The molecule has 1 aromatic heterocycles. The van der Waals surface area contributed by atoms with Gasteiger partial charge in [-0.1, -0.05) is 6.07 Å². The Hall–Kier alpha value is -2.69. The summed E-state index contributed by atoms with van der Waals surface area (Å²) in [5.74, 6) is -0.0786. The first-order valence-electron chi connectivity index (χ1n) is 7.96.